The number of sulfonamides is 1. The Morgan fingerprint density at radius 3 is 2.52 bits per heavy atom. The zero-order valence-corrected chi connectivity index (χ0v) is 18.0. The lowest BCUT2D eigenvalue weighted by Gasteiger charge is -2.34. The van der Waals surface area contributed by atoms with Crippen LogP contribution in [0.5, 0.6) is 0 Å². The minimum absolute atomic E-state index is 0.0360. The molecule has 2 unspecified atom stereocenters. The Bertz CT molecular complexity index is 858. The van der Waals surface area contributed by atoms with Gasteiger partial charge >= 0.3 is 0 Å². The van der Waals surface area contributed by atoms with E-state index in [0.29, 0.717) is 18.7 Å². The van der Waals surface area contributed by atoms with Crippen molar-refractivity contribution in [2.45, 2.75) is 58.2 Å². The maximum absolute atomic E-state index is 12.5. The number of ketones is 1. The number of hydrogen-bond acceptors (Lipinski definition) is 5. The highest BCUT2D eigenvalue weighted by atomic mass is 32.2. The summed E-state index contributed by atoms with van der Waals surface area (Å²) in [6, 6.07) is 5.79. The molecular weight excluding hydrogens is 392 g/mol. The molecule has 8 heteroatoms. The van der Waals surface area contributed by atoms with Crippen LogP contribution in [-0.4, -0.2) is 62.0 Å². The zero-order valence-electron chi connectivity index (χ0n) is 17.1. The molecule has 0 aromatic heterocycles. The molecule has 1 aromatic rings. The second-order valence-electron chi connectivity index (χ2n) is 8.00. The zero-order chi connectivity index (χ0) is 21.0. The van der Waals surface area contributed by atoms with Crippen molar-refractivity contribution in [3.63, 3.8) is 0 Å². The highest BCUT2D eigenvalue weighted by Crippen LogP contribution is 2.23. The normalized spacial score (nSPS) is 22.3. The summed E-state index contributed by atoms with van der Waals surface area (Å²) >= 11 is 0. The summed E-state index contributed by atoms with van der Waals surface area (Å²) in [5, 5.41) is 2.62. The van der Waals surface area contributed by atoms with Crippen molar-refractivity contribution in [1.82, 2.24) is 9.62 Å². The van der Waals surface area contributed by atoms with Crippen molar-refractivity contribution >= 4 is 21.7 Å². The smallest absolute Gasteiger partial charge is 0.220 e. The van der Waals surface area contributed by atoms with Gasteiger partial charge < -0.3 is 10.1 Å². The molecule has 1 aromatic carbocycles. The Kier molecular flexibility index (Phi) is 7.08. The third-order valence-corrected chi connectivity index (χ3v) is 7.27. The van der Waals surface area contributed by atoms with Gasteiger partial charge in [-0.2, -0.15) is 4.31 Å². The van der Waals surface area contributed by atoms with E-state index in [1.807, 2.05) is 32.0 Å². The van der Waals surface area contributed by atoms with Gasteiger partial charge in [0.15, 0.2) is 5.78 Å². The second-order valence-corrected chi connectivity index (χ2v) is 10.1. The van der Waals surface area contributed by atoms with E-state index in [4.69, 9.17) is 4.74 Å². The molecule has 1 heterocycles. The average molecular weight is 423 g/mol. The number of nitrogens with zero attached hydrogens (tertiary/aromatic N) is 1. The predicted molar refractivity (Wildman–Crippen MR) is 110 cm³/mol. The van der Waals surface area contributed by atoms with Crippen LogP contribution < -0.4 is 5.32 Å². The van der Waals surface area contributed by atoms with Crippen LogP contribution in [0, 0.1) is 0 Å². The molecule has 3 rings (SSSR count). The molecule has 1 saturated heterocycles. The predicted octanol–water partition coefficient (Wildman–Crippen LogP) is 1.69. The fourth-order valence-corrected chi connectivity index (χ4v) is 5.50. The summed E-state index contributed by atoms with van der Waals surface area (Å²) < 4.78 is 31.9. The lowest BCUT2D eigenvalue weighted by Crippen LogP contribution is -2.49. The number of rotatable bonds is 8. The molecule has 2 aliphatic rings. The highest BCUT2D eigenvalue weighted by Gasteiger charge is 2.30. The first-order valence-electron chi connectivity index (χ1n) is 10.3. The van der Waals surface area contributed by atoms with Crippen LogP contribution in [0.3, 0.4) is 0 Å². The Balaban J connectivity index is 1.41. The van der Waals surface area contributed by atoms with E-state index in [1.54, 1.807) is 0 Å². The van der Waals surface area contributed by atoms with Crippen molar-refractivity contribution in [3.05, 3.63) is 34.9 Å². The van der Waals surface area contributed by atoms with Crippen molar-refractivity contribution in [3.8, 4) is 0 Å². The molecule has 1 fully saturated rings. The molecular formula is C21H30N2O5S. The minimum atomic E-state index is -3.45. The fourth-order valence-electron chi connectivity index (χ4n) is 4.01. The molecule has 1 aliphatic carbocycles. The third kappa shape index (κ3) is 5.87. The Hall–Kier alpha value is -1.77. The largest absolute Gasteiger partial charge is 0.373 e. The van der Waals surface area contributed by atoms with Gasteiger partial charge in [0.1, 0.15) is 0 Å². The first kappa shape index (κ1) is 21.9. The number of carbonyl (C=O) groups excluding carboxylic acids is 2. The van der Waals surface area contributed by atoms with Crippen LogP contribution in [0.25, 0.3) is 0 Å². The van der Waals surface area contributed by atoms with Crippen LogP contribution in [-0.2, 0) is 32.4 Å². The summed E-state index contributed by atoms with van der Waals surface area (Å²) in [5.74, 6) is -0.520. The molecule has 0 bridgehead atoms. The lowest BCUT2D eigenvalue weighted by atomic mass is 10.0. The Morgan fingerprint density at radius 2 is 1.79 bits per heavy atom. The van der Waals surface area contributed by atoms with Gasteiger partial charge in [0.05, 0.1) is 18.0 Å². The summed E-state index contributed by atoms with van der Waals surface area (Å²) in [6.07, 6.45) is 3.09. The standard InChI is InChI=1S/C21H30N2O5S/c1-15-13-23(14-16(2)28-15)29(26,27)11-10-22-21(25)9-8-20(24)19-7-6-17-4-3-5-18(17)12-19/h6-7,12,15-16H,3-5,8-11,13-14H2,1-2H3,(H,22,25). The van der Waals surface area contributed by atoms with Crippen molar-refractivity contribution in [2.75, 3.05) is 25.4 Å². The van der Waals surface area contributed by atoms with E-state index in [0.717, 1.165) is 19.3 Å². The molecule has 0 radical (unpaired) electrons. The number of carbonyl (C=O) groups is 2. The summed E-state index contributed by atoms with van der Waals surface area (Å²) in [7, 11) is -3.45. The summed E-state index contributed by atoms with van der Waals surface area (Å²) in [5.41, 5.74) is 3.19. The monoisotopic (exact) mass is 422 g/mol. The van der Waals surface area contributed by atoms with Crippen LogP contribution in [0.4, 0.5) is 0 Å². The molecule has 1 aliphatic heterocycles. The van der Waals surface area contributed by atoms with Gasteiger partial charge in [-0.3, -0.25) is 9.59 Å². The second kappa shape index (κ2) is 9.36. The minimum Gasteiger partial charge on any atom is -0.373 e. The van der Waals surface area contributed by atoms with Crippen LogP contribution in [0.1, 0.15) is 54.6 Å². The van der Waals surface area contributed by atoms with Crippen LogP contribution in [0.2, 0.25) is 0 Å². The van der Waals surface area contributed by atoms with Gasteiger partial charge in [-0.1, -0.05) is 12.1 Å². The number of ether oxygens (including phenoxy) is 1. The molecule has 2 atom stereocenters. The van der Waals surface area contributed by atoms with Gasteiger partial charge in [0.25, 0.3) is 0 Å². The maximum atomic E-state index is 12.5. The van der Waals surface area contributed by atoms with Crippen molar-refractivity contribution < 1.29 is 22.7 Å². The third-order valence-electron chi connectivity index (χ3n) is 5.46. The van der Waals surface area contributed by atoms with Crippen molar-refractivity contribution in [2.24, 2.45) is 0 Å². The number of Topliss-reactive ketones (excluding diaryl/α,β-unsaturated/α-hetero) is 1. The SMILES string of the molecule is CC1CN(S(=O)(=O)CCNC(=O)CCC(=O)c2ccc3c(c2)CCC3)CC(C)O1. The number of morpholine rings is 1. The first-order valence-corrected chi connectivity index (χ1v) is 11.9. The Morgan fingerprint density at radius 1 is 1.10 bits per heavy atom. The van der Waals surface area contributed by atoms with Gasteiger partial charge in [0, 0.05) is 38.0 Å². The summed E-state index contributed by atoms with van der Waals surface area (Å²) in [6.45, 7) is 4.38. The molecule has 0 saturated carbocycles. The van der Waals surface area contributed by atoms with E-state index in [1.165, 1.54) is 15.4 Å². The quantitative estimate of drug-likeness (QED) is 0.644. The van der Waals surface area contributed by atoms with E-state index >= 15 is 0 Å². The van der Waals surface area contributed by atoms with E-state index in [-0.39, 0.29) is 49.0 Å². The number of aryl methyl sites for hydroxylation is 2. The van der Waals surface area contributed by atoms with Gasteiger partial charge in [0.2, 0.25) is 15.9 Å². The van der Waals surface area contributed by atoms with E-state index in [9.17, 15) is 18.0 Å². The molecule has 0 spiro atoms. The Labute approximate surface area is 172 Å². The number of benzene rings is 1. The fraction of sp³-hybridized carbons (Fsp3) is 0.619. The van der Waals surface area contributed by atoms with E-state index in [2.05, 4.69) is 5.32 Å². The molecule has 1 N–H and O–H groups in total. The number of fused-ring (bicyclic) bond motifs is 1. The van der Waals surface area contributed by atoms with Gasteiger partial charge in [-0.05, 0) is 50.3 Å². The van der Waals surface area contributed by atoms with Crippen molar-refractivity contribution in [1.29, 1.82) is 0 Å². The van der Waals surface area contributed by atoms with Gasteiger partial charge in [-0.15, -0.1) is 0 Å². The highest BCUT2D eigenvalue weighted by molar-refractivity contribution is 7.89. The first-order chi connectivity index (χ1) is 13.7. The number of hydrogen-bond donors (Lipinski definition) is 1. The molecule has 1 amide bonds. The molecule has 29 heavy (non-hydrogen) atoms. The molecule has 160 valence electrons. The molecule has 7 nitrogen and oxygen atoms in total. The lowest BCUT2D eigenvalue weighted by molar-refractivity contribution is -0.120. The van der Waals surface area contributed by atoms with Crippen LogP contribution >= 0.6 is 0 Å². The maximum Gasteiger partial charge on any atom is 0.220 e. The summed E-state index contributed by atoms with van der Waals surface area (Å²) in [4.78, 5) is 24.4. The van der Waals surface area contributed by atoms with Crippen LogP contribution in [0.15, 0.2) is 18.2 Å². The topological polar surface area (TPSA) is 92.8 Å². The van der Waals surface area contributed by atoms with E-state index < -0.39 is 10.0 Å². The number of nitrogens with one attached hydrogen (secondary N) is 1. The van der Waals surface area contributed by atoms with Gasteiger partial charge in [-0.25, -0.2) is 8.42 Å². The number of amides is 1. The average Bonchev–Trinajstić information content (AvgIpc) is 3.13.